The lowest BCUT2D eigenvalue weighted by atomic mass is 10.1. The van der Waals surface area contributed by atoms with E-state index in [4.69, 9.17) is 29.6 Å². The van der Waals surface area contributed by atoms with E-state index >= 15 is 0 Å². The van der Waals surface area contributed by atoms with Crippen molar-refractivity contribution < 1.29 is 0 Å². The molecule has 0 radical (unpaired) electrons. The Balaban J connectivity index is 1.75. The Bertz CT molecular complexity index is 644. The third kappa shape index (κ3) is 2.70. The molecule has 0 amide bonds. The lowest BCUT2D eigenvalue weighted by molar-refractivity contribution is 0.275. The van der Waals surface area contributed by atoms with E-state index in [1.54, 1.807) is 0 Å². The molecule has 0 spiro atoms. The van der Waals surface area contributed by atoms with Crippen molar-refractivity contribution in [1.29, 1.82) is 0 Å². The molecule has 1 aliphatic heterocycles. The van der Waals surface area contributed by atoms with Gasteiger partial charge >= 0.3 is 0 Å². The van der Waals surface area contributed by atoms with Gasteiger partial charge in [-0.3, -0.25) is 4.90 Å². The molecule has 0 atom stereocenters. The first-order chi connectivity index (χ1) is 9.63. The van der Waals surface area contributed by atoms with Gasteiger partial charge < -0.3 is 5.73 Å². The lowest BCUT2D eigenvalue weighted by Gasteiger charge is -2.16. The Hall–Kier alpha value is -1.42. The van der Waals surface area contributed by atoms with Gasteiger partial charge in [0.05, 0.1) is 0 Å². The minimum absolute atomic E-state index is 0.382. The van der Waals surface area contributed by atoms with Crippen LogP contribution in [0.25, 0.3) is 0 Å². The molecule has 0 bridgehead atoms. The minimum Gasteiger partial charge on any atom is -0.389 e. The fourth-order valence-corrected chi connectivity index (χ4v) is 2.95. The van der Waals surface area contributed by atoms with Crippen molar-refractivity contribution in [3.8, 4) is 0 Å². The molecule has 2 nitrogen and oxygen atoms in total. The van der Waals surface area contributed by atoms with Crippen LogP contribution in [0.4, 0.5) is 0 Å². The molecule has 0 saturated heterocycles. The van der Waals surface area contributed by atoms with Crippen LogP contribution in [0.5, 0.6) is 0 Å². The summed E-state index contributed by atoms with van der Waals surface area (Å²) in [4.78, 5) is 2.76. The van der Waals surface area contributed by atoms with Crippen LogP contribution in [-0.4, -0.2) is 9.89 Å². The zero-order chi connectivity index (χ0) is 14.1. The van der Waals surface area contributed by atoms with E-state index < -0.39 is 0 Å². The van der Waals surface area contributed by atoms with Gasteiger partial charge in [0.25, 0.3) is 0 Å². The molecule has 1 aliphatic rings. The second kappa shape index (κ2) is 5.52. The lowest BCUT2D eigenvalue weighted by Crippen LogP contribution is -2.16. The average Bonchev–Trinajstić information content (AvgIpc) is 2.83. The summed E-state index contributed by atoms with van der Waals surface area (Å²) >= 11 is 11.3. The first-order valence-corrected chi connectivity index (χ1v) is 7.29. The fraction of sp³-hybridized carbons (Fsp3) is 0.188. The summed E-state index contributed by atoms with van der Waals surface area (Å²) in [7, 11) is 0. The van der Waals surface area contributed by atoms with E-state index in [1.165, 1.54) is 11.1 Å². The maximum Gasteiger partial charge on any atom is 0.104 e. The van der Waals surface area contributed by atoms with Crippen LogP contribution < -0.4 is 5.73 Å². The molecule has 4 heteroatoms. The SMILES string of the molecule is NC(=S)c1ccc(CN2Cc3ccccc3C2)c(Cl)c1. The van der Waals surface area contributed by atoms with Gasteiger partial charge in [0.1, 0.15) is 4.99 Å². The van der Waals surface area contributed by atoms with Crippen molar-refractivity contribution in [2.45, 2.75) is 19.6 Å². The van der Waals surface area contributed by atoms with Gasteiger partial charge in [0.15, 0.2) is 0 Å². The Labute approximate surface area is 129 Å². The number of hydrogen-bond donors (Lipinski definition) is 1. The summed E-state index contributed by atoms with van der Waals surface area (Å²) in [6, 6.07) is 14.4. The molecule has 3 rings (SSSR count). The molecule has 1 heterocycles. The number of benzene rings is 2. The van der Waals surface area contributed by atoms with Crippen molar-refractivity contribution in [1.82, 2.24) is 4.90 Å². The predicted molar refractivity (Wildman–Crippen MR) is 86.7 cm³/mol. The fourth-order valence-electron chi connectivity index (χ4n) is 2.59. The summed E-state index contributed by atoms with van der Waals surface area (Å²) < 4.78 is 0. The van der Waals surface area contributed by atoms with Crippen LogP contribution in [0.15, 0.2) is 42.5 Å². The minimum atomic E-state index is 0.382. The Morgan fingerprint density at radius 3 is 2.35 bits per heavy atom. The van der Waals surface area contributed by atoms with Crippen molar-refractivity contribution in [2.24, 2.45) is 5.73 Å². The maximum atomic E-state index is 6.32. The standard InChI is InChI=1S/C16H15ClN2S/c17-15-7-11(16(18)20)5-6-14(15)10-19-8-12-3-1-2-4-13(12)9-19/h1-7H,8-10H2,(H2,18,20). The van der Waals surface area contributed by atoms with Gasteiger partial charge in [-0.05, 0) is 22.8 Å². The molecule has 2 aromatic rings. The summed E-state index contributed by atoms with van der Waals surface area (Å²) in [5.41, 5.74) is 10.4. The molecular weight excluding hydrogens is 288 g/mol. The van der Waals surface area contributed by atoms with E-state index in [1.807, 2.05) is 18.2 Å². The van der Waals surface area contributed by atoms with Gasteiger partial charge in [0, 0.05) is 30.2 Å². The highest BCUT2D eigenvalue weighted by Gasteiger charge is 2.19. The van der Waals surface area contributed by atoms with E-state index in [0.29, 0.717) is 4.99 Å². The molecule has 0 fully saturated rings. The Morgan fingerprint density at radius 1 is 1.15 bits per heavy atom. The van der Waals surface area contributed by atoms with Crippen LogP contribution >= 0.6 is 23.8 Å². The van der Waals surface area contributed by atoms with E-state index in [-0.39, 0.29) is 0 Å². The van der Waals surface area contributed by atoms with Crippen molar-refractivity contribution in [3.63, 3.8) is 0 Å². The van der Waals surface area contributed by atoms with Gasteiger partial charge in [-0.1, -0.05) is 60.2 Å². The third-order valence-corrected chi connectivity index (χ3v) is 4.23. The van der Waals surface area contributed by atoms with E-state index in [0.717, 1.165) is 35.8 Å². The molecule has 20 heavy (non-hydrogen) atoms. The highest BCUT2D eigenvalue weighted by Crippen LogP contribution is 2.26. The molecule has 0 aliphatic carbocycles. The maximum absolute atomic E-state index is 6.32. The van der Waals surface area contributed by atoms with Crippen LogP contribution in [0.1, 0.15) is 22.3 Å². The largest absolute Gasteiger partial charge is 0.389 e. The van der Waals surface area contributed by atoms with Crippen LogP contribution in [-0.2, 0) is 19.6 Å². The molecule has 0 unspecified atom stereocenters. The quantitative estimate of drug-likeness (QED) is 0.880. The molecular formula is C16H15ClN2S. The molecule has 0 aromatic heterocycles. The van der Waals surface area contributed by atoms with Crippen LogP contribution in [0, 0.1) is 0 Å². The number of fused-ring (bicyclic) bond motifs is 1. The second-order valence-electron chi connectivity index (χ2n) is 5.08. The topological polar surface area (TPSA) is 29.3 Å². The Kier molecular flexibility index (Phi) is 3.74. The van der Waals surface area contributed by atoms with Gasteiger partial charge in [0.2, 0.25) is 0 Å². The van der Waals surface area contributed by atoms with Crippen molar-refractivity contribution in [2.75, 3.05) is 0 Å². The highest BCUT2D eigenvalue weighted by atomic mass is 35.5. The van der Waals surface area contributed by atoms with E-state index in [9.17, 15) is 0 Å². The predicted octanol–water partition coefficient (Wildman–Crippen LogP) is 3.49. The van der Waals surface area contributed by atoms with Crippen molar-refractivity contribution >= 4 is 28.8 Å². The number of nitrogens with two attached hydrogens (primary N) is 1. The number of thiocarbonyl (C=S) groups is 1. The number of hydrogen-bond acceptors (Lipinski definition) is 2. The van der Waals surface area contributed by atoms with Crippen LogP contribution in [0.2, 0.25) is 5.02 Å². The highest BCUT2D eigenvalue weighted by molar-refractivity contribution is 7.80. The van der Waals surface area contributed by atoms with Gasteiger partial charge in [-0.15, -0.1) is 0 Å². The monoisotopic (exact) mass is 302 g/mol. The third-order valence-electron chi connectivity index (χ3n) is 3.64. The molecule has 2 N–H and O–H groups in total. The molecule has 102 valence electrons. The average molecular weight is 303 g/mol. The summed E-state index contributed by atoms with van der Waals surface area (Å²) in [5, 5.41) is 0.728. The zero-order valence-electron chi connectivity index (χ0n) is 11.0. The molecule has 2 aromatic carbocycles. The van der Waals surface area contributed by atoms with Gasteiger partial charge in [-0.2, -0.15) is 0 Å². The molecule has 0 saturated carbocycles. The second-order valence-corrected chi connectivity index (χ2v) is 5.93. The summed E-state index contributed by atoms with van der Waals surface area (Å²) in [5.74, 6) is 0. The zero-order valence-corrected chi connectivity index (χ0v) is 12.5. The smallest absolute Gasteiger partial charge is 0.104 e. The van der Waals surface area contributed by atoms with Crippen molar-refractivity contribution in [3.05, 3.63) is 69.7 Å². The summed E-state index contributed by atoms with van der Waals surface area (Å²) in [6.07, 6.45) is 0. The number of halogens is 1. The Morgan fingerprint density at radius 2 is 1.80 bits per heavy atom. The number of nitrogens with zero attached hydrogens (tertiary/aromatic N) is 1. The number of rotatable bonds is 3. The summed E-state index contributed by atoms with van der Waals surface area (Å²) in [6.45, 7) is 2.79. The normalized spacial score (nSPS) is 14.2. The van der Waals surface area contributed by atoms with E-state index in [2.05, 4.69) is 29.2 Å². The van der Waals surface area contributed by atoms with Gasteiger partial charge in [-0.25, -0.2) is 0 Å². The first kappa shape index (κ1) is 13.6. The van der Waals surface area contributed by atoms with Crippen LogP contribution in [0.3, 0.4) is 0 Å². The first-order valence-electron chi connectivity index (χ1n) is 6.51.